The molecule has 13 heteroatoms. The number of hydrogen-bond donors (Lipinski definition) is 2. The summed E-state index contributed by atoms with van der Waals surface area (Å²) in [7, 11) is -8.59. The Morgan fingerprint density at radius 1 is 0.532 bits per heavy atom. The first-order valence-electron chi connectivity index (χ1n) is 15.5. The smallest absolute Gasteiger partial charge is 0.756 e. The third-order valence-electron chi connectivity index (χ3n) is 6.92. The molecule has 47 heavy (non-hydrogen) atoms. The Labute approximate surface area is 292 Å². The van der Waals surface area contributed by atoms with E-state index < -0.39 is 15.6 Å². The molecule has 272 valence electrons. The van der Waals surface area contributed by atoms with Crippen LogP contribution in [0.3, 0.4) is 0 Å². The van der Waals surface area contributed by atoms with Crippen molar-refractivity contribution in [1.29, 1.82) is 0 Å². The molecular formula is C34H56NiO10P2. The van der Waals surface area contributed by atoms with Crippen LogP contribution in [-0.4, -0.2) is 23.4 Å². The molecule has 0 heterocycles. The maximum absolute atomic E-state index is 11.6. The molecule has 2 unspecified atom stereocenters. The summed E-state index contributed by atoms with van der Waals surface area (Å²) in [6.07, 6.45) is 0. The molecule has 2 aromatic carbocycles. The molecular weight excluding hydrogens is 689 g/mol. The first-order valence-corrected chi connectivity index (χ1v) is 18.4. The maximum atomic E-state index is 11.6. The van der Waals surface area contributed by atoms with Crippen molar-refractivity contribution in [2.45, 2.75) is 132 Å². The number of benzene rings is 2. The van der Waals surface area contributed by atoms with Crippen LogP contribution in [0.4, 0.5) is 0 Å². The Morgan fingerprint density at radius 2 is 0.745 bits per heavy atom. The summed E-state index contributed by atoms with van der Waals surface area (Å²) >= 11 is 0. The zero-order valence-electron chi connectivity index (χ0n) is 30.5. The summed E-state index contributed by atoms with van der Waals surface area (Å²) < 4.78 is 42.2. The van der Waals surface area contributed by atoms with Gasteiger partial charge in [0.2, 0.25) is 0 Å². The normalized spacial score (nSPS) is 15.1. The van der Waals surface area contributed by atoms with Crippen molar-refractivity contribution in [3.63, 3.8) is 0 Å². The van der Waals surface area contributed by atoms with E-state index in [4.69, 9.17) is 9.05 Å². The Bertz CT molecular complexity index is 1240. The molecule has 0 spiro atoms. The Balaban J connectivity index is 0.000000882. The summed E-state index contributed by atoms with van der Waals surface area (Å²) in [4.78, 5) is 23.1. The van der Waals surface area contributed by atoms with Crippen molar-refractivity contribution in [3.05, 3.63) is 57.6 Å². The van der Waals surface area contributed by atoms with Crippen LogP contribution < -0.4 is 9.79 Å². The zero-order chi connectivity index (χ0) is 36.1. The fraction of sp³-hybridized carbons (Fsp3) is 0.647. The van der Waals surface area contributed by atoms with E-state index >= 15 is 0 Å². The maximum Gasteiger partial charge on any atom is 2.00 e. The second-order valence-electron chi connectivity index (χ2n) is 15.4. The van der Waals surface area contributed by atoms with Crippen LogP contribution in [0.1, 0.15) is 130 Å². The topological polar surface area (TPSA) is 158 Å². The van der Waals surface area contributed by atoms with Crippen molar-refractivity contribution in [2.24, 2.45) is 0 Å². The van der Waals surface area contributed by atoms with E-state index in [2.05, 4.69) is 9.05 Å². The molecule has 2 N–H and O–H groups in total. The van der Waals surface area contributed by atoms with Gasteiger partial charge in [-0.25, -0.2) is 0 Å². The molecule has 0 aromatic heterocycles. The monoisotopic (exact) mass is 744 g/mol. The molecule has 0 saturated carbocycles. The van der Waals surface area contributed by atoms with Gasteiger partial charge in [0.15, 0.2) is 0 Å². The van der Waals surface area contributed by atoms with Gasteiger partial charge in [-0.15, -0.1) is 0 Å². The molecule has 0 fully saturated rings. The molecule has 0 aliphatic carbocycles. The molecule has 0 aliphatic heterocycles. The van der Waals surface area contributed by atoms with Gasteiger partial charge in [0.1, 0.15) is 11.5 Å². The number of phosphoric acid groups is 2. The minimum Gasteiger partial charge on any atom is -0.756 e. The number of phenolic OH excluding ortho intramolecular Hbond substituents is 2. The van der Waals surface area contributed by atoms with Crippen molar-refractivity contribution in [3.8, 4) is 11.5 Å². The van der Waals surface area contributed by atoms with Gasteiger partial charge >= 0.3 is 16.5 Å². The van der Waals surface area contributed by atoms with Crippen LogP contribution in [-0.2, 0) is 78.6 Å². The van der Waals surface area contributed by atoms with Crippen LogP contribution in [0.2, 0.25) is 0 Å². The van der Waals surface area contributed by atoms with Crippen LogP contribution in [0.15, 0.2) is 24.3 Å². The van der Waals surface area contributed by atoms with Crippen molar-refractivity contribution in [2.75, 3.05) is 13.2 Å². The predicted octanol–water partition coefficient (Wildman–Crippen LogP) is 8.01. The predicted molar refractivity (Wildman–Crippen MR) is 179 cm³/mol. The Morgan fingerprint density at radius 3 is 0.915 bits per heavy atom. The molecule has 0 radical (unpaired) electrons. The molecule has 10 nitrogen and oxygen atoms in total. The van der Waals surface area contributed by atoms with E-state index in [1.807, 2.05) is 83.1 Å². The minimum absolute atomic E-state index is 0. The molecule has 0 aliphatic rings. The molecule has 2 aromatic rings. The van der Waals surface area contributed by atoms with Gasteiger partial charge in [-0.05, 0) is 93.2 Å². The number of phosphoric ester groups is 2. The zero-order valence-corrected chi connectivity index (χ0v) is 33.3. The molecule has 0 amide bonds. The van der Waals surface area contributed by atoms with E-state index in [9.17, 15) is 29.1 Å². The van der Waals surface area contributed by atoms with E-state index in [1.54, 1.807) is 38.1 Å². The number of aromatic hydroxyl groups is 2. The van der Waals surface area contributed by atoms with Crippen LogP contribution in [0.25, 0.3) is 0 Å². The SMILES string of the molecule is CCOP(=O)([O-])OCc1cc(C(C)(C)C)c(O)c(C(C)(C)C)c1.CCOP(=O)([O-])OCc1cc(C(C)(C)C)c(O)c(C(C)(C)C)c1.[Ni+2]. The minimum atomic E-state index is -4.29. The van der Waals surface area contributed by atoms with Gasteiger partial charge in [0.05, 0.1) is 26.4 Å². The Hall–Kier alpha value is -1.25. The van der Waals surface area contributed by atoms with Crippen LogP contribution >= 0.6 is 15.6 Å². The van der Waals surface area contributed by atoms with Crippen molar-refractivity contribution in [1.82, 2.24) is 0 Å². The summed E-state index contributed by atoms with van der Waals surface area (Å²) in [5.74, 6) is 0.507. The van der Waals surface area contributed by atoms with Crippen molar-refractivity contribution < 1.29 is 63.7 Å². The molecule has 2 rings (SSSR count). The average molecular weight is 745 g/mol. The van der Waals surface area contributed by atoms with Crippen LogP contribution in [0, 0.1) is 0 Å². The molecule has 0 saturated heterocycles. The summed E-state index contributed by atoms with van der Waals surface area (Å²) in [5.41, 5.74) is 3.33. The quantitative estimate of drug-likeness (QED) is 0.180. The fourth-order valence-corrected chi connectivity index (χ4v) is 5.94. The summed E-state index contributed by atoms with van der Waals surface area (Å²) in [6.45, 7) is 27.0. The number of hydrogen-bond acceptors (Lipinski definition) is 10. The third-order valence-corrected chi connectivity index (χ3v) is 8.96. The van der Waals surface area contributed by atoms with Gasteiger partial charge < -0.3 is 38.1 Å². The summed E-state index contributed by atoms with van der Waals surface area (Å²) in [5, 5.41) is 21.2. The first-order chi connectivity index (χ1) is 20.6. The van der Waals surface area contributed by atoms with Gasteiger partial charge in [-0.2, -0.15) is 0 Å². The van der Waals surface area contributed by atoms with E-state index in [1.165, 1.54) is 0 Å². The number of rotatable bonds is 10. The first kappa shape index (κ1) is 45.8. The van der Waals surface area contributed by atoms with Gasteiger partial charge in [-0.1, -0.05) is 83.1 Å². The second kappa shape index (κ2) is 17.1. The molecule has 2 atom stereocenters. The standard InChI is InChI=1S/2C17H29O5P.Ni/c2*1-8-21-23(19,20)22-11-12-9-13(16(2,3)4)15(18)14(10-12)17(5,6)7;/h2*9-10,18H,8,11H2,1-7H3,(H,19,20);/q;;+2/p-2. The van der Waals surface area contributed by atoms with Crippen LogP contribution in [0.5, 0.6) is 11.5 Å². The second-order valence-corrected chi connectivity index (χ2v) is 18.2. The molecule has 0 bridgehead atoms. The third kappa shape index (κ3) is 14.6. The van der Waals surface area contributed by atoms with E-state index in [-0.39, 0.29) is 76.1 Å². The largest absolute Gasteiger partial charge is 2.00 e. The Kier molecular flexibility index (Phi) is 16.7. The average Bonchev–Trinajstić information content (AvgIpc) is 2.85. The van der Waals surface area contributed by atoms with E-state index in [0.717, 1.165) is 22.3 Å². The fourth-order valence-electron chi connectivity index (χ4n) is 4.54. The van der Waals surface area contributed by atoms with Crippen molar-refractivity contribution >= 4 is 15.6 Å². The number of phenols is 2. The summed E-state index contributed by atoms with van der Waals surface area (Å²) in [6, 6.07) is 7.15. The van der Waals surface area contributed by atoms with E-state index in [0.29, 0.717) is 11.1 Å². The van der Waals surface area contributed by atoms with Gasteiger partial charge in [0, 0.05) is 0 Å². The van der Waals surface area contributed by atoms with Gasteiger partial charge in [0.25, 0.3) is 15.6 Å². The van der Waals surface area contributed by atoms with Gasteiger partial charge in [-0.3, -0.25) is 9.13 Å².